The van der Waals surface area contributed by atoms with Gasteiger partial charge in [0.25, 0.3) is 0 Å². The van der Waals surface area contributed by atoms with E-state index in [4.69, 9.17) is 9.72 Å². The minimum Gasteiger partial charge on any atom is -0.489 e. The van der Waals surface area contributed by atoms with Crippen LogP contribution < -0.4 is 19.9 Å². The van der Waals surface area contributed by atoms with Crippen LogP contribution in [0.2, 0.25) is 0 Å². The number of carbonyl (C=O) groups excluding carboxylic acids is 1. The highest BCUT2D eigenvalue weighted by Crippen LogP contribution is 2.40. The lowest BCUT2D eigenvalue weighted by molar-refractivity contribution is -0.119. The molecule has 1 fully saturated rings. The number of likely N-dealkylation sites (N-methyl/N-ethyl adjacent to an activating group) is 1. The van der Waals surface area contributed by atoms with Crippen LogP contribution in [0, 0.1) is 6.92 Å². The summed E-state index contributed by atoms with van der Waals surface area (Å²) < 4.78 is 5.86. The number of rotatable bonds is 6. The second-order valence-corrected chi connectivity index (χ2v) is 8.33. The fourth-order valence-corrected chi connectivity index (χ4v) is 4.46. The Bertz CT molecular complexity index is 1120. The molecule has 32 heavy (non-hydrogen) atoms. The summed E-state index contributed by atoms with van der Waals surface area (Å²) in [7, 11) is 1.82. The smallest absolute Gasteiger partial charge is 0.249 e. The number of aromatic nitrogens is 2. The molecular weight excluding hydrogens is 402 g/mol. The molecule has 0 spiro atoms. The zero-order valence-corrected chi connectivity index (χ0v) is 18.4. The molecule has 1 atom stereocenters. The van der Waals surface area contributed by atoms with Crippen molar-refractivity contribution in [1.82, 2.24) is 9.97 Å². The summed E-state index contributed by atoms with van der Waals surface area (Å²) in [5.41, 5.74) is 3.88. The van der Waals surface area contributed by atoms with E-state index in [0.29, 0.717) is 19.1 Å². The van der Waals surface area contributed by atoms with Gasteiger partial charge in [0.1, 0.15) is 24.1 Å². The molecule has 7 heteroatoms. The number of aryl methyl sites for hydroxylation is 1. The molecule has 0 saturated carbocycles. The molecule has 3 aromatic rings. The van der Waals surface area contributed by atoms with Gasteiger partial charge < -0.3 is 19.9 Å². The number of ether oxygens (including phenoxy) is 1. The van der Waals surface area contributed by atoms with E-state index in [-0.39, 0.29) is 11.9 Å². The van der Waals surface area contributed by atoms with Crippen LogP contribution in [0.4, 0.5) is 17.5 Å². The number of fused-ring (bicyclic) bond motifs is 3. The topological polar surface area (TPSA) is 70.6 Å². The van der Waals surface area contributed by atoms with Gasteiger partial charge in [-0.15, -0.1) is 0 Å². The van der Waals surface area contributed by atoms with Crippen LogP contribution in [0.1, 0.15) is 29.7 Å². The molecule has 164 valence electrons. The average Bonchev–Trinajstić information content (AvgIpc) is 3.31. The second kappa shape index (κ2) is 8.49. The van der Waals surface area contributed by atoms with Gasteiger partial charge >= 0.3 is 0 Å². The predicted molar refractivity (Wildman–Crippen MR) is 125 cm³/mol. The van der Waals surface area contributed by atoms with Gasteiger partial charge in [-0.05, 0) is 43.0 Å². The van der Waals surface area contributed by atoms with Crippen LogP contribution in [-0.4, -0.2) is 35.5 Å². The van der Waals surface area contributed by atoms with Crippen molar-refractivity contribution in [3.05, 3.63) is 71.4 Å². The molecule has 1 amide bonds. The van der Waals surface area contributed by atoms with E-state index in [2.05, 4.69) is 27.3 Å². The van der Waals surface area contributed by atoms with Crippen molar-refractivity contribution in [3.8, 4) is 5.75 Å². The highest BCUT2D eigenvalue weighted by molar-refractivity contribution is 6.05. The number of carbonyl (C=O) groups is 1. The number of benzene rings is 2. The first-order valence-electron chi connectivity index (χ1n) is 11.0. The van der Waals surface area contributed by atoms with Crippen molar-refractivity contribution in [3.63, 3.8) is 0 Å². The maximum absolute atomic E-state index is 12.7. The minimum absolute atomic E-state index is 0.0990. The SMILES string of the molecule is Cc1nc(NCc2ccc(OCc3ccccc3)cc2)nc2c1N(C)C(=O)[C@@H]1CCCN21. The molecule has 7 nitrogen and oxygen atoms in total. The van der Waals surface area contributed by atoms with Crippen molar-refractivity contribution >= 4 is 23.4 Å². The summed E-state index contributed by atoms with van der Waals surface area (Å²) in [6, 6.07) is 18.1. The Hall–Kier alpha value is -3.61. The van der Waals surface area contributed by atoms with Crippen molar-refractivity contribution in [2.24, 2.45) is 0 Å². The average molecular weight is 430 g/mol. The van der Waals surface area contributed by atoms with Crippen LogP contribution in [0.25, 0.3) is 0 Å². The molecule has 3 heterocycles. The zero-order valence-electron chi connectivity index (χ0n) is 18.4. The number of hydrogen-bond donors (Lipinski definition) is 1. The molecule has 1 N–H and O–H groups in total. The lowest BCUT2D eigenvalue weighted by Gasteiger charge is -2.37. The summed E-state index contributed by atoms with van der Waals surface area (Å²) in [6.45, 7) is 3.95. The van der Waals surface area contributed by atoms with Crippen molar-refractivity contribution in [2.75, 3.05) is 28.7 Å². The van der Waals surface area contributed by atoms with Crippen LogP contribution in [0.3, 0.4) is 0 Å². The van der Waals surface area contributed by atoms with Crippen LogP contribution in [-0.2, 0) is 17.9 Å². The van der Waals surface area contributed by atoms with Crippen molar-refractivity contribution in [2.45, 2.75) is 39.0 Å². The maximum atomic E-state index is 12.7. The third kappa shape index (κ3) is 3.86. The molecular formula is C25H27N5O2. The van der Waals surface area contributed by atoms with Crippen LogP contribution in [0.5, 0.6) is 5.75 Å². The van der Waals surface area contributed by atoms with Gasteiger partial charge in [0.2, 0.25) is 11.9 Å². The highest BCUT2D eigenvalue weighted by Gasteiger charge is 2.41. The number of amides is 1. The lowest BCUT2D eigenvalue weighted by Crippen LogP contribution is -2.49. The van der Waals surface area contributed by atoms with Gasteiger partial charge in [0.15, 0.2) is 5.82 Å². The monoisotopic (exact) mass is 429 g/mol. The van der Waals surface area contributed by atoms with E-state index < -0.39 is 0 Å². The van der Waals surface area contributed by atoms with E-state index >= 15 is 0 Å². The molecule has 0 aliphatic carbocycles. The summed E-state index contributed by atoms with van der Waals surface area (Å²) in [4.78, 5) is 25.9. The standard InChI is InChI=1S/C25H27N5O2/c1-17-22-23(30-14-6-9-21(30)24(31)29(22)2)28-25(27-17)26-15-18-10-12-20(13-11-18)32-16-19-7-4-3-5-8-19/h3-5,7-8,10-13,21H,6,9,14-16H2,1-2H3,(H,26,27,28)/t21-/m0/s1. The van der Waals surface area contributed by atoms with Gasteiger partial charge in [0, 0.05) is 20.1 Å². The van der Waals surface area contributed by atoms with Gasteiger partial charge in [-0.2, -0.15) is 4.98 Å². The first-order valence-corrected chi connectivity index (χ1v) is 11.0. The molecule has 0 radical (unpaired) electrons. The van der Waals surface area contributed by atoms with Crippen molar-refractivity contribution < 1.29 is 9.53 Å². The lowest BCUT2D eigenvalue weighted by atomic mass is 10.1. The van der Waals surface area contributed by atoms with E-state index in [1.807, 2.05) is 56.4 Å². The summed E-state index contributed by atoms with van der Waals surface area (Å²) in [5, 5.41) is 3.34. The van der Waals surface area contributed by atoms with E-state index in [1.54, 1.807) is 4.90 Å². The van der Waals surface area contributed by atoms with Crippen LogP contribution >= 0.6 is 0 Å². The largest absolute Gasteiger partial charge is 0.489 e. The summed E-state index contributed by atoms with van der Waals surface area (Å²) >= 11 is 0. The van der Waals surface area contributed by atoms with E-state index in [1.165, 1.54) is 0 Å². The molecule has 0 bridgehead atoms. The Balaban J connectivity index is 1.26. The number of nitrogens with one attached hydrogen (secondary N) is 1. The Morgan fingerprint density at radius 3 is 2.62 bits per heavy atom. The number of nitrogens with zero attached hydrogens (tertiary/aromatic N) is 4. The first-order chi connectivity index (χ1) is 15.6. The van der Waals surface area contributed by atoms with E-state index in [0.717, 1.165) is 53.5 Å². The van der Waals surface area contributed by atoms with Gasteiger partial charge in [-0.25, -0.2) is 4.98 Å². The molecule has 0 unspecified atom stereocenters. The number of anilines is 3. The van der Waals surface area contributed by atoms with Crippen molar-refractivity contribution in [1.29, 1.82) is 0 Å². The van der Waals surface area contributed by atoms with E-state index in [9.17, 15) is 4.79 Å². The normalized spacial score (nSPS) is 17.2. The summed E-state index contributed by atoms with van der Waals surface area (Å²) in [5.74, 6) is 2.41. The Morgan fingerprint density at radius 2 is 1.84 bits per heavy atom. The zero-order chi connectivity index (χ0) is 22.1. The Labute approximate surface area is 188 Å². The Kier molecular flexibility index (Phi) is 5.39. The molecule has 2 aliphatic heterocycles. The molecule has 5 rings (SSSR count). The molecule has 1 saturated heterocycles. The number of hydrogen-bond acceptors (Lipinski definition) is 6. The van der Waals surface area contributed by atoms with Gasteiger partial charge in [-0.1, -0.05) is 42.5 Å². The fraction of sp³-hybridized carbons (Fsp3) is 0.320. The van der Waals surface area contributed by atoms with Crippen LogP contribution in [0.15, 0.2) is 54.6 Å². The molecule has 2 aromatic carbocycles. The third-order valence-corrected chi connectivity index (χ3v) is 6.14. The Morgan fingerprint density at radius 1 is 1.06 bits per heavy atom. The maximum Gasteiger partial charge on any atom is 0.249 e. The van der Waals surface area contributed by atoms with Gasteiger partial charge in [0.05, 0.1) is 5.69 Å². The molecule has 1 aromatic heterocycles. The van der Waals surface area contributed by atoms with Gasteiger partial charge in [-0.3, -0.25) is 4.79 Å². The minimum atomic E-state index is -0.0990. The molecule has 2 aliphatic rings. The fourth-order valence-electron chi connectivity index (χ4n) is 4.46. The second-order valence-electron chi connectivity index (χ2n) is 8.33. The predicted octanol–water partition coefficient (Wildman–Crippen LogP) is 3.92. The third-order valence-electron chi connectivity index (χ3n) is 6.14. The first kappa shape index (κ1) is 20.3. The quantitative estimate of drug-likeness (QED) is 0.640. The highest BCUT2D eigenvalue weighted by atomic mass is 16.5. The summed E-state index contributed by atoms with van der Waals surface area (Å²) in [6.07, 6.45) is 1.89.